The number of rotatable bonds is 7. The van der Waals surface area contributed by atoms with Crippen LogP contribution < -0.4 is 5.73 Å². The molecule has 0 saturated heterocycles. The number of carbonyl (C=O) groups is 1. The maximum absolute atomic E-state index is 11.0. The van der Waals surface area contributed by atoms with E-state index in [2.05, 4.69) is 72.8 Å². The average molecular weight is 468 g/mol. The van der Waals surface area contributed by atoms with E-state index in [4.69, 9.17) is 15.3 Å². The number of nitrogens with two attached hydrogens (primary N) is 1. The average Bonchev–Trinajstić information content (AvgIpc) is 3.26. The first-order valence-corrected chi connectivity index (χ1v) is 12.3. The molecule has 3 N–H and O–H groups in total. The summed E-state index contributed by atoms with van der Waals surface area (Å²) in [6.07, 6.45) is 0. The van der Waals surface area contributed by atoms with Gasteiger partial charge in [0.25, 0.3) is 0 Å². The van der Waals surface area contributed by atoms with Crippen molar-refractivity contribution in [1.82, 2.24) is 0 Å². The molecule has 0 fully saturated rings. The molecule has 5 rings (SSSR count). The molecule has 4 nitrogen and oxygen atoms in total. The van der Waals surface area contributed by atoms with Gasteiger partial charge in [-0.15, -0.1) is 0 Å². The van der Waals surface area contributed by atoms with Crippen LogP contribution >= 0.6 is 11.8 Å². The molecule has 1 heterocycles. The van der Waals surface area contributed by atoms with Crippen molar-refractivity contribution < 1.29 is 14.3 Å². The summed E-state index contributed by atoms with van der Waals surface area (Å²) in [6, 6.07) is 30.5. The molecule has 4 aromatic carbocycles. The second kappa shape index (κ2) is 9.37. The van der Waals surface area contributed by atoms with E-state index in [0.29, 0.717) is 0 Å². The summed E-state index contributed by atoms with van der Waals surface area (Å²) in [7, 11) is 0. The number of thioether (sulfide) groups is 1. The van der Waals surface area contributed by atoms with Crippen molar-refractivity contribution in [2.45, 2.75) is 24.0 Å². The predicted octanol–water partition coefficient (Wildman–Crippen LogP) is 6.95. The Morgan fingerprint density at radius 2 is 1.47 bits per heavy atom. The van der Waals surface area contributed by atoms with Gasteiger partial charge < -0.3 is 15.3 Å². The summed E-state index contributed by atoms with van der Waals surface area (Å²) in [6.45, 7) is 1.85. The quantitative estimate of drug-likeness (QED) is 0.271. The van der Waals surface area contributed by atoms with Gasteiger partial charge >= 0.3 is 5.97 Å². The maximum atomic E-state index is 11.0. The number of hydrogen-bond donors (Lipinski definition) is 2. The minimum absolute atomic E-state index is 0.152. The van der Waals surface area contributed by atoms with Gasteiger partial charge in [-0.3, -0.25) is 4.79 Å². The lowest BCUT2D eigenvalue weighted by molar-refractivity contribution is -0.138. The second-order valence-corrected chi connectivity index (χ2v) is 9.80. The fourth-order valence-corrected chi connectivity index (χ4v) is 5.11. The maximum Gasteiger partial charge on any atom is 0.321 e. The summed E-state index contributed by atoms with van der Waals surface area (Å²) in [5, 5.41) is 11.2. The van der Waals surface area contributed by atoms with E-state index in [1.165, 1.54) is 0 Å². The molecule has 1 aromatic heterocycles. The van der Waals surface area contributed by atoms with Gasteiger partial charge in [-0.25, -0.2) is 0 Å². The number of hydrogen-bond acceptors (Lipinski definition) is 4. The van der Waals surface area contributed by atoms with Crippen LogP contribution in [0.4, 0.5) is 0 Å². The molecule has 0 aliphatic rings. The van der Waals surface area contributed by atoms with E-state index in [9.17, 15) is 4.79 Å². The van der Waals surface area contributed by atoms with Crippen molar-refractivity contribution in [1.29, 1.82) is 0 Å². The van der Waals surface area contributed by atoms with Gasteiger partial charge in [-0.05, 0) is 28.3 Å². The van der Waals surface area contributed by atoms with Crippen LogP contribution in [0.3, 0.4) is 0 Å². The van der Waals surface area contributed by atoms with E-state index in [0.717, 1.165) is 55.5 Å². The highest BCUT2D eigenvalue weighted by Gasteiger charge is 2.20. The van der Waals surface area contributed by atoms with Crippen molar-refractivity contribution >= 4 is 39.7 Å². The van der Waals surface area contributed by atoms with Gasteiger partial charge in [0.2, 0.25) is 0 Å². The monoisotopic (exact) mass is 467 g/mol. The van der Waals surface area contributed by atoms with Gasteiger partial charge in [0.05, 0.1) is 0 Å². The minimum atomic E-state index is -0.963. The second-order valence-electron chi connectivity index (χ2n) is 8.43. The molecule has 0 amide bonds. The lowest BCUT2D eigenvalue weighted by atomic mass is 9.98. The van der Waals surface area contributed by atoms with Crippen molar-refractivity contribution in [2.75, 3.05) is 0 Å². The van der Waals surface area contributed by atoms with Gasteiger partial charge in [-0.2, -0.15) is 11.8 Å². The molecule has 0 aliphatic carbocycles. The van der Waals surface area contributed by atoms with Crippen LogP contribution in [0.5, 0.6) is 0 Å². The Morgan fingerprint density at radius 3 is 2.18 bits per heavy atom. The van der Waals surface area contributed by atoms with E-state index >= 15 is 0 Å². The molecule has 0 spiro atoms. The molecule has 0 bridgehead atoms. The topological polar surface area (TPSA) is 76.5 Å². The fourth-order valence-electron chi connectivity index (χ4n) is 4.14. The highest BCUT2D eigenvalue weighted by molar-refractivity contribution is 7.99. The van der Waals surface area contributed by atoms with Gasteiger partial charge in [-0.1, -0.05) is 91.9 Å². The van der Waals surface area contributed by atoms with Gasteiger partial charge in [0.1, 0.15) is 17.2 Å². The Kier molecular flexibility index (Phi) is 6.14. The normalized spacial score (nSPS) is 13.2. The standard InChI is InChI=1S/C29H25NO3S/c1-18(27(30)29(31)32)34-17-19-9-11-20(12-10-19)21-13-15-22(16-14-21)23-6-4-7-25-24-5-2-3-8-26(24)33-28(23)25/h2-16,18,27H,17,30H2,1H3,(H,31,32)/t18?,27-/m0/s1. The van der Waals surface area contributed by atoms with E-state index in [-0.39, 0.29) is 5.25 Å². The number of fused-ring (bicyclic) bond motifs is 3. The zero-order valence-electron chi connectivity index (χ0n) is 18.8. The lowest BCUT2D eigenvalue weighted by Crippen LogP contribution is -2.38. The fraction of sp³-hybridized carbons (Fsp3) is 0.138. The molecular formula is C29H25NO3S. The summed E-state index contributed by atoms with van der Waals surface area (Å²) >= 11 is 1.55. The first-order chi connectivity index (χ1) is 16.5. The number of benzene rings is 4. The first-order valence-electron chi connectivity index (χ1n) is 11.2. The van der Waals surface area contributed by atoms with Crippen LogP contribution in [0.25, 0.3) is 44.2 Å². The third kappa shape index (κ3) is 4.32. The lowest BCUT2D eigenvalue weighted by Gasteiger charge is -2.15. The SMILES string of the molecule is CC(SCc1ccc(-c2ccc(-c3cccc4c3oc3ccccc34)cc2)cc1)[C@H](N)C(=O)O. The summed E-state index contributed by atoms with van der Waals surface area (Å²) in [4.78, 5) is 11.0. The summed E-state index contributed by atoms with van der Waals surface area (Å²) in [5.41, 5.74) is 13.1. The van der Waals surface area contributed by atoms with Crippen LogP contribution in [-0.2, 0) is 10.5 Å². The Bertz CT molecular complexity index is 1460. The molecular weight excluding hydrogens is 442 g/mol. The van der Waals surface area contributed by atoms with Crippen molar-refractivity contribution in [3.8, 4) is 22.3 Å². The molecule has 5 aromatic rings. The van der Waals surface area contributed by atoms with Crippen molar-refractivity contribution in [3.05, 3.63) is 96.6 Å². The van der Waals surface area contributed by atoms with Crippen LogP contribution in [-0.4, -0.2) is 22.4 Å². The van der Waals surface area contributed by atoms with Crippen LogP contribution in [0, 0.1) is 0 Å². The van der Waals surface area contributed by atoms with Crippen molar-refractivity contribution in [2.24, 2.45) is 5.73 Å². The van der Waals surface area contributed by atoms with Crippen LogP contribution in [0.1, 0.15) is 12.5 Å². The molecule has 170 valence electrons. The van der Waals surface area contributed by atoms with Crippen LogP contribution in [0.15, 0.2) is 95.4 Å². The Labute approximate surface area is 202 Å². The third-order valence-electron chi connectivity index (χ3n) is 6.19. The summed E-state index contributed by atoms with van der Waals surface area (Å²) in [5.74, 6) is -0.238. The minimum Gasteiger partial charge on any atom is -0.480 e. The van der Waals surface area contributed by atoms with Crippen molar-refractivity contribution in [3.63, 3.8) is 0 Å². The molecule has 2 atom stereocenters. The van der Waals surface area contributed by atoms with Crippen LogP contribution in [0.2, 0.25) is 0 Å². The Hall–Kier alpha value is -3.54. The third-order valence-corrected chi connectivity index (χ3v) is 7.51. The van der Waals surface area contributed by atoms with E-state index in [1.807, 2.05) is 25.1 Å². The zero-order chi connectivity index (χ0) is 23.7. The van der Waals surface area contributed by atoms with E-state index in [1.54, 1.807) is 11.8 Å². The first kappa shape index (κ1) is 22.3. The predicted molar refractivity (Wildman–Crippen MR) is 141 cm³/mol. The largest absolute Gasteiger partial charge is 0.480 e. The smallest absolute Gasteiger partial charge is 0.321 e. The molecule has 0 aliphatic heterocycles. The molecule has 1 unspecified atom stereocenters. The molecule has 0 saturated carbocycles. The number of aliphatic carboxylic acids is 1. The Balaban J connectivity index is 1.34. The van der Waals surface area contributed by atoms with Gasteiger partial charge in [0, 0.05) is 27.3 Å². The number of carboxylic acids is 1. The zero-order valence-corrected chi connectivity index (χ0v) is 19.6. The highest BCUT2D eigenvalue weighted by atomic mass is 32.2. The Morgan fingerprint density at radius 1 is 0.853 bits per heavy atom. The number of furan rings is 1. The number of para-hydroxylation sites is 2. The summed E-state index contributed by atoms with van der Waals surface area (Å²) < 4.78 is 6.19. The number of carboxylic acid groups (broad SMARTS) is 1. The molecule has 5 heteroatoms. The van der Waals surface area contributed by atoms with Gasteiger partial charge in [0.15, 0.2) is 0 Å². The molecule has 0 radical (unpaired) electrons. The van der Waals surface area contributed by atoms with E-state index < -0.39 is 12.0 Å². The molecule has 34 heavy (non-hydrogen) atoms. The highest BCUT2D eigenvalue weighted by Crippen LogP contribution is 2.36.